The predicted octanol–water partition coefficient (Wildman–Crippen LogP) is 12.5. The molecule has 0 radical (unpaired) electrons. The van der Waals surface area contributed by atoms with Crippen molar-refractivity contribution in [3.8, 4) is 28.1 Å². The molecule has 11 aromatic rings. The lowest BCUT2D eigenvalue weighted by Crippen LogP contribution is -1.94. The highest BCUT2D eigenvalue weighted by Gasteiger charge is 2.23. The first kappa shape index (κ1) is 26.4. The van der Waals surface area contributed by atoms with Gasteiger partial charge in [-0.1, -0.05) is 115 Å². The molecule has 49 heavy (non-hydrogen) atoms. The van der Waals surface area contributed by atoms with Gasteiger partial charge in [0.15, 0.2) is 11.2 Å². The van der Waals surface area contributed by atoms with Crippen molar-refractivity contribution in [2.75, 3.05) is 0 Å². The molecule has 4 heteroatoms. The number of benzene rings is 7. The van der Waals surface area contributed by atoms with Gasteiger partial charge in [-0.05, 0) is 53.6 Å². The molecule has 7 aromatic carbocycles. The number of aromatic nitrogens is 2. The lowest BCUT2D eigenvalue weighted by Gasteiger charge is -2.11. The van der Waals surface area contributed by atoms with E-state index < -0.39 is 0 Å². The molecule has 0 aliphatic rings. The summed E-state index contributed by atoms with van der Waals surface area (Å²) in [5, 5.41) is 7.75. The molecule has 4 nitrogen and oxygen atoms in total. The summed E-state index contributed by atoms with van der Waals surface area (Å²) in [7, 11) is 0. The predicted molar refractivity (Wildman–Crippen MR) is 202 cm³/mol. The molecule has 0 saturated carbocycles. The Kier molecular flexibility index (Phi) is 5.35. The number of hydrogen-bond acceptors (Lipinski definition) is 3. The minimum Gasteiger partial charge on any atom is -0.454 e. The van der Waals surface area contributed by atoms with Gasteiger partial charge in [-0.25, -0.2) is 4.98 Å². The number of para-hydroxylation sites is 4. The molecule has 0 bridgehead atoms. The summed E-state index contributed by atoms with van der Waals surface area (Å²) < 4.78 is 15.8. The zero-order valence-electron chi connectivity index (χ0n) is 26.2. The van der Waals surface area contributed by atoms with Crippen molar-refractivity contribution < 1.29 is 8.83 Å². The lowest BCUT2D eigenvalue weighted by atomic mass is 9.96. The maximum Gasteiger partial charge on any atom is 0.160 e. The number of hydrogen-bond donors (Lipinski definition) is 0. The minimum absolute atomic E-state index is 0.824. The van der Waals surface area contributed by atoms with Crippen molar-refractivity contribution >= 4 is 76.6 Å². The molecule has 228 valence electrons. The van der Waals surface area contributed by atoms with Crippen molar-refractivity contribution in [3.63, 3.8) is 0 Å². The molecule has 0 spiro atoms. The SMILES string of the molecule is c1ccc(-c2cc(-c3cccc4oc5c(-n6c7ccccc7c7ccc8c9ccccc9oc8c76)cccc5c34)nc3ccccc23)cc1. The first-order valence-electron chi connectivity index (χ1n) is 16.6. The molecular formula is C45H26N2O2. The van der Waals surface area contributed by atoms with Crippen LogP contribution in [0.2, 0.25) is 0 Å². The Bertz CT molecular complexity index is 3110. The smallest absolute Gasteiger partial charge is 0.160 e. The third-order valence-corrected chi connectivity index (χ3v) is 10.00. The van der Waals surface area contributed by atoms with Crippen molar-refractivity contribution in [1.82, 2.24) is 9.55 Å². The zero-order valence-corrected chi connectivity index (χ0v) is 26.2. The number of fused-ring (bicyclic) bond motifs is 11. The monoisotopic (exact) mass is 626 g/mol. The molecule has 0 fully saturated rings. The third-order valence-electron chi connectivity index (χ3n) is 10.00. The number of rotatable bonds is 3. The third kappa shape index (κ3) is 3.71. The van der Waals surface area contributed by atoms with Crippen molar-refractivity contribution in [2.45, 2.75) is 0 Å². The van der Waals surface area contributed by atoms with Crippen LogP contribution in [0, 0.1) is 0 Å². The molecular weight excluding hydrogens is 601 g/mol. The van der Waals surface area contributed by atoms with Gasteiger partial charge in [-0.3, -0.25) is 0 Å². The Balaban J connectivity index is 1.22. The summed E-state index contributed by atoms with van der Waals surface area (Å²) in [5.41, 5.74) is 11.7. The van der Waals surface area contributed by atoms with E-state index in [4.69, 9.17) is 13.8 Å². The topological polar surface area (TPSA) is 44.1 Å². The van der Waals surface area contributed by atoms with Crippen molar-refractivity contribution in [3.05, 3.63) is 158 Å². The summed E-state index contributed by atoms with van der Waals surface area (Å²) in [6.45, 7) is 0. The highest BCUT2D eigenvalue weighted by atomic mass is 16.3. The van der Waals surface area contributed by atoms with Gasteiger partial charge in [0, 0.05) is 43.3 Å². The molecule has 0 N–H and O–H groups in total. The average molecular weight is 627 g/mol. The molecule has 0 aliphatic carbocycles. The zero-order chi connectivity index (χ0) is 32.1. The van der Waals surface area contributed by atoms with E-state index in [0.29, 0.717) is 0 Å². The van der Waals surface area contributed by atoms with Crippen LogP contribution in [0.4, 0.5) is 0 Å². The second-order valence-electron chi connectivity index (χ2n) is 12.7. The number of pyridine rings is 1. The summed E-state index contributed by atoms with van der Waals surface area (Å²) >= 11 is 0. The van der Waals surface area contributed by atoms with Crippen molar-refractivity contribution in [2.24, 2.45) is 0 Å². The van der Waals surface area contributed by atoms with Gasteiger partial charge in [0.25, 0.3) is 0 Å². The van der Waals surface area contributed by atoms with Crippen LogP contribution in [-0.2, 0) is 0 Å². The van der Waals surface area contributed by atoms with Gasteiger partial charge in [-0.2, -0.15) is 0 Å². The van der Waals surface area contributed by atoms with E-state index in [1.165, 1.54) is 5.39 Å². The molecule has 0 aliphatic heterocycles. The number of nitrogens with zero attached hydrogens (tertiary/aromatic N) is 2. The van der Waals surface area contributed by atoms with E-state index in [2.05, 4.69) is 150 Å². The molecule has 11 rings (SSSR count). The van der Waals surface area contributed by atoms with E-state index in [0.717, 1.165) is 99.3 Å². The standard InChI is InChI=1S/C45H26N2O2/c1-2-12-27(13-3-1)35-26-37(46-36-19-7-4-14-28(35)36)33-17-11-23-41-42(33)34-18-10-21-39(44(34)49-41)47-38-20-8-5-15-29(38)31-24-25-32-30-16-6-9-22-40(30)48-45(32)43(31)47/h1-26H. The van der Waals surface area contributed by atoms with Gasteiger partial charge in [0.05, 0.1) is 27.9 Å². The van der Waals surface area contributed by atoms with Crippen LogP contribution in [0.25, 0.3) is 105 Å². The van der Waals surface area contributed by atoms with E-state index in [-0.39, 0.29) is 0 Å². The van der Waals surface area contributed by atoms with Crippen LogP contribution in [-0.4, -0.2) is 9.55 Å². The maximum absolute atomic E-state index is 6.86. The Morgan fingerprint density at radius 2 is 1.14 bits per heavy atom. The van der Waals surface area contributed by atoms with Crippen LogP contribution < -0.4 is 0 Å². The fourth-order valence-electron chi connectivity index (χ4n) is 7.87. The van der Waals surface area contributed by atoms with Crippen molar-refractivity contribution in [1.29, 1.82) is 0 Å². The van der Waals surface area contributed by atoms with Gasteiger partial charge >= 0.3 is 0 Å². The molecule has 0 atom stereocenters. The van der Waals surface area contributed by atoms with E-state index in [9.17, 15) is 0 Å². The van der Waals surface area contributed by atoms with Gasteiger partial charge in [0.1, 0.15) is 11.2 Å². The quantitative estimate of drug-likeness (QED) is 0.196. The highest BCUT2D eigenvalue weighted by molar-refractivity contribution is 6.22. The highest BCUT2D eigenvalue weighted by Crippen LogP contribution is 2.44. The molecule has 0 amide bonds. The fraction of sp³-hybridized carbons (Fsp3) is 0. The van der Waals surface area contributed by atoms with Crippen LogP contribution in [0.5, 0.6) is 0 Å². The largest absolute Gasteiger partial charge is 0.454 e. The van der Waals surface area contributed by atoms with E-state index in [1.54, 1.807) is 0 Å². The van der Waals surface area contributed by atoms with E-state index in [1.807, 2.05) is 12.1 Å². The maximum atomic E-state index is 6.86. The lowest BCUT2D eigenvalue weighted by molar-refractivity contribution is 0.665. The molecule has 4 aromatic heterocycles. The summed E-state index contributed by atoms with van der Waals surface area (Å²) in [6.07, 6.45) is 0. The number of furan rings is 2. The molecule has 0 unspecified atom stereocenters. The summed E-state index contributed by atoms with van der Waals surface area (Å²) in [5.74, 6) is 0. The summed E-state index contributed by atoms with van der Waals surface area (Å²) in [6, 6.07) is 55.1. The fourth-order valence-corrected chi connectivity index (χ4v) is 7.87. The Hall–Kier alpha value is -6.65. The Morgan fingerprint density at radius 3 is 2.06 bits per heavy atom. The average Bonchev–Trinajstić information content (AvgIpc) is 3.84. The van der Waals surface area contributed by atoms with Crippen LogP contribution in [0.15, 0.2) is 167 Å². The normalized spacial score (nSPS) is 12.1. The van der Waals surface area contributed by atoms with Crippen LogP contribution in [0.3, 0.4) is 0 Å². The minimum atomic E-state index is 0.824. The summed E-state index contributed by atoms with van der Waals surface area (Å²) in [4.78, 5) is 5.22. The van der Waals surface area contributed by atoms with Gasteiger partial charge < -0.3 is 13.4 Å². The van der Waals surface area contributed by atoms with E-state index >= 15 is 0 Å². The van der Waals surface area contributed by atoms with Crippen LogP contribution >= 0.6 is 0 Å². The Labute approximate surface area is 280 Å². The molecule has 0 saturated heterocycles. The second kappa shape index (κ2) is 9.93. The Morgan fingerprint density at radius 1 is 0.449 bits per heavy atom. The first-order chi connectivity index (χ1) is 24.3. The molecule has 4 heterocycles. The van der Waals surface area contributed by atoms with Gasteiger partial charge in [0.2, 0.25) is 0 Å². The van der Waals surface area contributed by atoms with Gasteiger partial charge in [-0.15, -0.1) is 0 Å². The second-order valence-corrected chi connectivity index (χ2v) is 12.7. The van der Waals surface area contributed by atoms with Crippen LogP contribution in [0.1, 0.15) is 0 Å². The first-order valence-corrected chi connectivity index (χ1v) is 16.6.